The standard InChI is InChI=1S/C14H11ClF2O/c1-8-10(3-2-4-12(8)15)14(18)11-7-9(16)5-6-13(11)17/h2-7,14,18H,1H3. The molecule has 4 heteroatoms. The van der Waals surface area contributed by atoms with E-state index in [9.17, 15) is 13.9 Å². The third-order valence-corrected chi connectivity index (χ3v) is 3.27. The number of hydrogen-bond donors (Lipinski definition) is 1. The zero-order valence-electron chi connectivity index (χ0n) is 9.62. The van der Waals surface area contributed by atoms with Gasteiger partial charge in [-0.15, -0.1) is 0 Å². The minimum absolute atomic E-state index is 0.0969. The average molecular weight is 269 g/mol. The number of hydrogen-bond acceptors (Lipinski definition) is 1. The minimum atomic E-state index is -1.24. The molecule has 0 radical (unpaired) electrons. The van der Waals surface area contributed by atoms with E-state index in [1.165, 1.54) is 0 Å². The highest BCUT2D eigenvalue weighted by molar-refractivity contribution is 6.31. The van der Waals surface area contributed by atoms with E-state index in [1.54, 1.807) is 25.1 Å². The molecule has 0 amide bonds. The van der Waals surface area contributed by atoms with Crippen LogP contribution in [0, 0.1) is 18.6 Å². The van der Waals surface area contributed by atoms with Crippen molar-refractivity contribution in [1.82, 2.24) is 0 Å². The fourth-order valence-electron chi connectivity index (χ4n) is 1.81. The Labute approximate surface area is 109 Å². The normalized spacial score (nSPS) is 12.5. The van der Waals surface area contributed by atoms with E-state index in [-0.39, 0.29) is 5.56 Å². The van der Waals surface area contributed by atoms with Gasteiger partial charge >= 0.3 is 0 Å². The first-order chi connectivity index (χ1) is 8.50. The molecule has 0 saturated heterocycles. The van der Waals surface area contributed by atoms with Crippen LogP contribution in [-0.4, -0.2) is 5.11 Å². The second-order valence-corrected chi connectivity index (χ2v) is 4.43. The van der Waals surface area contributed by atoms with E-state index < -0.39 is 17.7 Å². The second kappa shape index (κ2) is 5.04. The summed E-state index contributed by atoms with van der Waals surface area (Å²) in [6.07, 6.45) is -1.24. The zero-order valence-corrected chi connectivity index (χ0v) is 10.4. The van der Waals surface area contributed by atoms with Crippen molar-refractivity contribution in [2.24, 2.45) is 0 Å². The molecule has 0 fully saturated rings. The van der Waals surface area contributed by atoms with Gasteiger partial charge in [0, 0.05) is 10.6 Å². The Kier molecular flexibility index (Phi) is 3.64. The van der Waals surface area contributed by atoms with Crippen LogP contribution < -0.4 is 0 Å². The van der Waals surface area contributed by atoms with Gasteiger partial charge in [-0.1, -0.05) is 23.7 Å². The molecule has 0 aromatic heterocycles. The Balaban J connectivity index is 2.51. The fraction of sp³-hybridized carbons (Fsp3) is 0.143. The Morgan fingerprint density at radius 1 is 1.11 bits per heavy atom. The third kappa shape index (κ3) is 2.37. The van der Waals surface area contributed by atoms with Gasteiger partial charge in [-0.2, -0.15) is 0 Å². The van der Waals surface area contributed by atoms with Crippen molar-refractivity contribution in [3.8, 4) is 0 Å². The van der Waals surface area contributed by atoms with Gasteiger partial charge in [0.25, 0.3) is 0 Å². The van der Waals surface area contributed by atoms with Crippen molar-refractivity contribution in [3.63, 3.8) is 0 Å². The Hall–Kier alpha value is -1.45. The molecule has 1 nitrogen and oxygen atoms in total. The predicted octanol–water partition coefficient (Wildman–Crippen LogP) is 4.01. The molecule has 0 aliphatic heterocycles. The lowest BCUT2D eigenvalue weighted by atomic mass is 9.97. The monoisotopic (exact) mass is 268 g/mol. The summed E-state index contributed by atoms with van der Waals surface area (Å²) in [5, 5.41) is 10.6. The van der Waals surface area contributed by atoms with Crippen molar-refractivity contribution in [1.29, 1.82) is 0 Å². The van der Waals surface area contributed by atoms with Gasteiger partial charge in [0.2, 0.25) is 0 Å². The number of halogens is 3. The summed E-state index contributed by atoms with van der Waals surface area (Å²) in [5.74, 6) is -1.24. The maximum absolute atomic E-state index is 13.6. The van der Waals surface area contributed by atoms with Gasteiger partial charge in [-0.25, -0.2) is 8.78 Å². The van der Waals surface area contributed by atoms with Crippen LogP contribution in [0.25, 0.3) is 0 Å². The molecule has 1 unspecified atom stereocenters. The molecule has 1 atom stereocenters. The summed E-state index contributed by atoms with van der Waals surface area (Å²) < 4.78 is 26.7. The van der Waals surface area contributed by atoms with Crippen molar-refractivity contribution in [2.75, 3.05) is 0 Å². The highest BCUT2D eigenvalue weighted by atomic mass is 35.5. The van der Waals surface area contributed by atoms with Gasteiger partial charge in [0.1, 0.15) is 17.7 Å². The van der Waals surface area contributed by atoms with Crippen LogP contribution in [0.5, 0.6) is 0 Å². The Morgan fingerprint density at radius 3 is 2.56 bits per heavy atom. The van der Waals surface area contributed by atoms with E-state index >= 15 is 0 Å². The third-order valence-electron chi connectivity index (χ3n) is 2.86. The highest BCUT2D eigenvalue weighted by Gasteiger charge is 2.18. The SMILES string of the molecule is Cc1c(Cl)cccc1C(O)c1cc(F)ccc1F. The topological polar surface area (TPSA) is 20.2 Å². The first kappa shape index (κ1) is 13.0. The molecule has 2 aromatic rings. The first-order valence-corrected chi connectivity index (χ1v) is 5.76. The van der Waals surface area contributed by atoms with E-state index in [4.69, 9.17) is 11.6 Å². The molecular formula is C14H11ClF2O. The molecule has 0 aliphatic carbocycles. The lowest BCUT2D eigenvalue weighted by Crippen LogP contribution is -2.05. The second-order valence-electron chi connectivity index (χ2n) is 4.02. The summed E-state index contributed by atoms with van der Waals surface area (Å²) >= 11 is 5.94. The van der Waals surface area contributed by atoms with Gasteiger partial charge in [-0.05, 0) is 42.3 Å². The van der Waals surface area contributed by atoms with E-state index in [0.717, 1.165) is 18.2 Å². The van der Waals surface area contributed by atoms with Crippen molar-refractivity contribution in [3.05, 3.63) is 69.7 Å². The summed E-state index contributed by atoms with van der Waals surface area (Å²) in [5.41, 5.74) is 1.02. The molecule has 0 spiro atoms. The summed E-state index contributed by atoms with van der Waals surface area (Å²) in [4.78, 5) is 0. The summed E-state index contributed by atoms with van der Waals surface area (Å²) in [6.45, 7) is 1.72. The molecule has 0 bridgehead atoms. The van der Waals surface area contributed by atoms with Crippen molar-refractivity contribution >= 4 is 11.6 Å². The molecule has 0 aliphatic rings. The quantitative estimate of drug-likeness (QED) is 0.873. The molecule has 94 valence electrons. The molecular weight excluding hydrogens is 258 g/mol. The van der Waals surface area contributed by atoms with Gasteiger partial charge < -0.3 is 5.11 Å². The Morgan fingerprint density at radius 2 is 1.83 bits per heavy atom. The zero-order chi connectivity index (χ0) is 13.3. The molecule has 1 N–H and O–H groups in total. The molecule has 18 heavy (non-hydrogen) atoms. The first-order valence-electron chi connectivity index (χ1n) is 5.38. The number of rotatable bonds is 2. The van der Waals surface area contributed by atoms with Gasteiger partial charge in [0.15, 0.2) is 0 Å². The molecule has 0 saturated carbocycles. The average Bonchev–Trinajstić information content (AvgIpc) is 2.35. The van der Waals surface area contributed by atoms with Crippen LogP contribution in [0.2, 0.25) is 5.02 Å². The maximum atomic E-state index is 13.6. The number of aliphatic hydroxyl groups is 1. The maximum Gasteiger partial charge on any atom is 0.129 e. The predicted molar refractivity (Wildman–Crippen MR) is 66.6 cm³/mol. The van der Waals surface area contributed by atoms with E-state index in [2.05, 4.69) is 0 Å². The lowest BCUT2D eigenvalue weighted by Gasteiger charge is -2.15. The van der Waals surface area contributed by atoms with E-state index in [0.29, 0.717) is 16.1 Å². The summed E-state index contributed by atoms with van der Waals surface area (Å²) in [7, 11) is 0. The van der Waals surface area contributed by atoms with Crippen molar-refractivity contribution < 1.29 is 13.9 Å². The molecule has 2 aromatic carbocycles. The molecule has 2 rings (SSSR count). The fourth-order valence-corrected chi connectivity index (χ4v) is 1.99. The van der Waals surface area contributed by atoms with Crippen LogP contribution in [0.4, 0.5) is 8.78 Å². The lowest BCUT2D eigenvalue weighted by molar-refractivity contribution is 0.213. The summed E-state index contributed by atoms with van der Waals surface area (Å²) in [6, 6.07) is 7.96. The van der Waals surface area contributed by atoms with Crippen LogP contribution >= 0.6 is 11.6 Å². The molecule has 0 heterocycles. The van der Waals surface area contributed by atoms with Gasteiger partial charge in [0.05, 0.1) is 0 Å². The smallest absolute Gasteiger partial charge is 0.129 e. The van der Waals surface area contributed by atoms with Crippen LogP contribution in [0.15, 0.2) is 36.4 Å². The Bertz CT molecular complexity index is 582. The van der Waals surface area contributed by atoms with E-state index in [1.807, 2.05) is 0 Å². The van der Waals surface area contributed by atoms with Crippen LogP contribution in [0.1, 0.15) is 22.8 Å². The van der Waals surface area contributed by atoms with Crippen molar-refractivity contribution in [2.45, 2.75) is 13.0 Å². The largest absolute Gasteiger partial charge is 0.384 e. The minimum Gasteiger partial charge on any atom is -0.384 e. The van der Waals surface area contributed by atoms with Crippen LogP contribution in [-0.2, 0) is 0 Å². The van der Waals surface area contributed by atoms with Gasteiger partial charge in [-0.3, -0.25) is 0 Å². The highest BCUT2D eigenvalue weighted by Crippen LogP contribution is 2.30. The number of benzene rings is 2. The number of aliphatic hydroxyl groups excluding tert-OH is 1. The van der Waals surface area contributed by atoms with Crippen LogP contribution in [0.3, 0.4) is 0 Å².